The lowest BCUT2D eigenvalue weighted by molar-refractivity contribution is -0.130. The van der Waals surface area contributed by atoms with Crippen LogP contribution in [0.3, 0.4) is 0 Å². The number of hydrogen-bond donors (Lipinski definition) is 1. The summed E-state index contributed by atoms with van der Waals surface area (Å²) in [5, 5.41) is 3.97. The number of amides is 1. The summed E-state index contributed by atoms with van der Waals surface area (Å²) < 4.78 is 39.1. The summed E-state index contributed by atoms with van der Waals surface area (Å²) in [6.07, 6.45) is 4.08. The molecule has 1 N–H and O–H groups in total. The number of hydrogen-bond acceptors (Lipinski definition) is 6. The van der Waals surface area contributed by atoms with Crippen molar-refractivity contribution in [2.75, 3.05) is 40.0 Å². The molecule has 8 nitrogen and oxygen atoms in total. The molecule has 2 aliphatic rings. The maximum atomic E-state index is 13.5. The number of fused-ring (bicyclic) bond motifs is 1. The predicted molar refractivity (Wildman–Crippen MR) is 116 cm³/mol. The summed E-state index contributed by atoms with van der Waals surface area (Å²) in [7, 11) is -2.15. The van der Waals surface area contributed by atoms with Crippen molar-refractivity contribution in [3.05, 3.63) is 36.5 Å². The fourth-order valence-electron chi connectivity index (χ4n) is 4.45. The van der Waals surface area contributed by atoms with E-state index in [4.69, 9.17) is 9.47 Å². The van der Waals surface area contributed by atoms with Crippen LogP contribution in [0.4, 0.5) is 0 Å². The summed E-state index contributed by atoms with van der Waals surface area (Å²) >= 11 is 0. The van der Waals surface area contributed by atoms with E-state index >= 15 is 0 Å². The van der Waals surface area contributed by atoms with Crippen LogP contribution in [0.5, 0.6) is 0 Å². The first-order valence-electron chi connectivity index (χ1n) is 10.7. The van der Waals surface area contributed by atoms with E-state index in [0.717, 1.165) is 5.39 Å². The molecule has 0 bridgehead atoms. The van der Waals surface area contributed by atoms with Crippen molar-refractivity contribution in [1.82, 2.24) is 14.6 Å². The topological polar surface area (TPSA) is 97.8 Å². The third-order valence-corrected chi connectivity index (χ3v) is 8.17. The van der Waals surface area contributed by atoms with Gasteiger partial charge in [0.2, 0.25) is 15.9 Å². The van der Waals surface area contributed by atoms with Crippen molar-refractivity contribution < 1.29 is 22.7 Å². The van der Waals surface area contributed by atoms with Crippen LogP contribution in [-0.2, 0) is 24.3 Å². The molecule has 168 valence electrons. The molecule has 0 spiro atoms. The van der Waals surface area contributed by atoms with Gasteiger partial charge in [0, 0.05) is 57.5 Å². The van der Waals surface area contributed by atoms with Crippen LogP contribution >= 0.6 is 0 Å². The van der Waals surface area contributed by atoms with Crippen LogP contribution in [0, 0.1) is 5.92 Å². The van der Waals surface area contributed by atoms with Crippen molar-refractivity contribution >= 4 is 26.8 Å². The number of pyridine rings is 1. The van der Waals surface area contributed by atoms with E-state index < -0.39 is 15.6 Å². The third-order valence-electron chi connectivity index (χ3n) is 6.30. The minimum absolute atomic E-state index is 0.0227. The smallest absolute Gasteiger partial charge is 0.245 e. The monoisotopic (exact) mass is 447 g/mol. The zero-order chi connectivity index (χ0) is 21.9. The Bertz CT molecular complexity index is 1030. The molecular weight excluding hydrogens is 418 g/mol. The number of methoxy groups -OCH3 is 1. The van der Waals surface area contributed by atoms with Gasteiger partial charge in [-0.15, -0.1) is 0 Å². The highest BCUT2D eigenvalue weighted by molar-refractivity contribution is 7.89. The fourth-order valence-corrected chi connectivity index (χ4v) is 6.14. The summed E-state index contributed by atoms with van der Waals surface area (Å²) in [6.45, 7) is 2.16. The second-order valence-corrected chi connectivity index (χ2v) is 10.2. The molecule has 9 heteroatoms. The number of ether oxygens (including phenoxy) is 2. The summed E-state index contributed by atoms with van der Waals surface area (Å²) in [6, 6.07) is 8.82. The predicted octanol–water partition coefficient (Wildman–Crippen LogP) is 1.95. The quantitative estimate of drug-likeness (QED) is 0.697. The number of rotatable bonds is 7. The summed E-state index contributed by atoms with van der Waals surface area (Å²) in [5.41, 5.74) is -0.179. The Morgan fingerprint density at radius 2 is 2.06 bits per heavy atom. The van der Waals surface area contributed by atoms with Gasteiger partial charge in [0.25, 0.3) is 0 Å². The molecule has 3 heterocycles. The first-order valence-corrected chi connectivity index (χ1v) is 12.1. The SMILES string of the molecule is COCCC1(NC(=O)C2CCOCC2)CCN(S(=O)(=O)c2cccc3cccnc23)C1. The number of carbonyl (C=O) groups excluding carboxylic acids is 1. The zero-order valence-electron chi connectivity index (χ0n) is 17.7. The molecule has 1 aromatic heterocycles. The molecule has 1 unspecified atom stereocenters. The van der Waals surface area contributed by atoms with Crippen LogP contribution in [0.2, 0.25) is 0 Å². The normalized spacial score (nSPS) is 23.3. The molecule has 0 radical (unpaired) electrons. The molecule has 2 aromatic rings. The molecule has 31 heavy (non-hydrogen) atoms. The Morgan fingerprint density at radius 3 is 2.84 bits per heavy atom. The highest BCUT2D eigenvalue weighted by Crippen LogP contribution is 2.32. The number of nitrogens with zero attached hydrogens (tertiary/aromatic N) is 2. The maximum Gasteiger partial charge on any atom is 0.245 e. The Labute approximate surface area is 183 Å². The van der Waals surface area contributed by atoms with Gasteiger partial charge < -0.3 is 14.8 Å². The van der Waals surface area contributed by atoms with Crippen LogP contribution in [-0.4, -0.2) is 69.2 Å². The number of aromatic nitrogens is 1. The zero-order valence-corrected chi connectivity index (χ0v) is 18.6. The van der Waals surface area contributed by atoms with Crippen molar-refractivity contribution in [2.45, 2.75) is 36.1 Å². The van der Waals surface area contributed by atoms with Crippen LogP contribution in [0.1, 0.15) is 25.7 Å². The van der Waals surface area contributed by atoms with E-state index in [1.807, 2.05) is 12.1 Å². The van der Waals surface area contributed by atoms with E-state index in [1.165, 1.54) is 4.31 Å². The molecule has 0 saturated carbocycles. The van der Waals surface area contributed by atoms with E-state index in [2.05, 4.69) is 10.3 Å². The Morgan fingerprint density at radius 1 is 1.29 bits per heavy atom. The van der Waals surface area contributed by atoms with Gasteiger partial charge in [0.1, 0.15) is 4.90 Å². The van der Waals surface area contributed by atoms with Gasteiger partial charge in [0.15, 0.2) is 0 Å². The Hall–Kier alpha value is -2.07. The Balaban J connectivity index is 1.58. The van der Waals surface area contributed by atoms with Crippen molar-refractivity contribution in [2.24, 2.45) is 5.92 Å². The highest BCUT2D eigenvalue weighted by atomic mass is 32.2. The molecule has 2 aliphatic heterocycles. The van der Waals surface area contributed by atoms with Gasteiger partial charge in [-0.2, -0.15) is 4.31 Å². The number of benzene rings is 1. The van der Waals surface area contributed by atoms with Crippen molar-refractivity contribution in [3.63, 3.8) is 0 Å². The fraction of sp³-hybridized carbons (Fsp3) is 0.545. The van der Waals surface area contributed by atoms with E-state index in [9.17, 15) is 13.2 Å². The van der Waals surface area contributed by atoms with Gasteiger partial charge in [-0.25, -0.2) is 8.42 Å². The second kappa shape index (κ2) is 9.20. The van der Waals surface area contributed by atoms with Crippen LogP contribution < -0.4 is 5.32 Å². The van der Waals surface area contributed by atoms with Crippen molar-refractivity contribution in [3.8, 4) is 0 Å². The van der Waals surface area contributed by atoms with Gasteiger partial charge in [-0.1, -0.05) is 18.2 Å². The number of nitrogens with one attached hydrogen (secondary N) is 1. The molecule has 1 amide bonds. The van der Waals surface area contributed by atoms with Crippen LogP contribution in [0.15, 0.2) is 41.4 Å². The lowest BCUT2D eigenvalue weighted by Gasteiger charge is -2.33. The first-order chi connectivity index (χ1) is 15.0. The number of carbonyl (C=O) groups is 1. The Kier molecular flexibility index (Phi) is 6.57. The molecular formula is C22H29N3O5S. The number of para-hydroxylation sites is 1. The molecule has 1 aromatic carbocycles. The van der Waals surface area contributed by atoms with Crippen LogP contribution in [0.25, 0.3) is 10.9 Å². The third kappa shape index (κ3) is 4.59. The van der Waals surface area contributed by atoms with Gasteiger partial charge in [-0.05, 0) is 37.8 Å². The second-order valence-electron chi connectivity index (χ2n) is 8.32. The largest absolute Gasteiger partial charge is 0.385 e. The summed E-state index contributed by atoms with van der Waals surface area (Å²) in [4.78, 5) is 17.4. The number of sulfonamides is 1. The van der Waals surface area contributed by atoms with Gasteiger partial charge in [0.05, 0.1) is 11.1 Å². The van der Waals surface area contributed by atoms with Gasteiger partial charge in [-0.3, -0.25) is 9.78 Å². The average molecular weight is 448 g/mol. The first kappa shape index (κ1) is 22.1. The molecule has 4 rings (SSSR count). The summed E-state index contributed by atoms with van der Waals surface area (Å²) in [5.74, 6) is -0.119. The molecule has 0 aliphatic carbocycles. The van der Waals surface area contributed by atoms with E-state index in [-0.39, 0.29) is 23.3 Å². The molecule has 1 atom stereocenters. The molecule has 2 saturated heterocycles. The lowest BCUT2D eigenvalue weighted by Crippen LogP contribution is -2.53. The lowest BCUT2D eigenvalue weighted by atomic mass is 9.91. The van der Waals surface area contributed by atoms with E-state index in [1.54, 1.807) is 31.5 Å². The standard InChI is InChI=1S/C22H29N3O5S/c1-29-15-10-22(24-21(26)18-7-13-30-14-8-18)9-12-25(16-22)31(27,28)19-6-2-4-17-5-3-11-23-20(17)19/h2-6,11,18H,7-10,12-16H2,1H3,(H,24,26). The van der Waals surface area contributed by atoms with E-state index in [0.29, 0.717) is 57.6 Å². The van der Waals surface area contributed by atoms with Gasteiger partial charge >= 0.3 is 0 Å². The van der Waals surface area contributed by atoms with Crippen molar-refractivity contribution in [1.29, 1.82) is 0 Å². The minimum atomic E-state index is -3.76. The molecule has 2 fully saturated rings. The maximum absolute atomic E-state index is 13.5. The minimum Gasteiger partial charge on any atom is -0.385 e. The highest BCUT2D eigenvalue weighted by Gasteiger charge is 2.45. The average Bonchev–Trinajstić information content (AvgIpc) is 3.23.